The van der Waals surface area contributed by atoms with E-state index in [1.54, 1.807) is 24.3 Å². The maximum atomic E-state index is 11.9. The number of aliphatic hydroxyl groups excluding tert-OH is 1. The molecule has 1 rings (SSSR count). The minimum atomic E-state index is -3.57. The monoisotopic (exact) mass is 317 g/mol. The standard InChI is InChI=1S/C14H20ClNO3S/c1-11(2)9-14(10-17)16-20(18,19)8-7-12-3-5-13(15)6-4-12/h3-8,11,14,16-17H,9-10H2,1-2H3. The SMILES string of the molecule is CC(C)CC(CO)NS(=O)(=O)C=Cc1ccc(Cl)cc1. The van der Waals surface area contributed by atoms with Crippen molar-refractivity contribution in [3.05, 3.63) is 40.3 Å². The third-order valence-corrected chi connectivity index (χ3v) is 4.03. The normalized spacial score (nSPS) is 14.1. The molecule has 112 valence electrons. The molecule has 20 heavy (non-hydrogen) atoms. The third-order valence-electron chi connectivity index (χ3n) is 2.62. The van der Waals surface area contributed by atoms with Crippen LogP contribution in [0.1, 0.15) is 25.8 Å². The van der Waals surface area contributed by atoms with E-state index < -0.39 is 16.1 Å². The van der Waals surface area contributed by atoms with Crippen LogP contribution in [0.25, 0.3) is 6.08 Å². The lowest BCUT2D eigenvalue weighted by Gasteiger charge is -2.16. The van der Waals surface area contributed by atoms with Gasteiger partial charge >= 0.3 is 0 Å². The summed E-state index contributed by atoms with van der Waals surface area (Å²) in [6.07, 6.45) is 2.08. The van der Waals surface area contributed by atoms with Gasteiger partial charge in [-0.15, -0.1) is 0 Å². The van der Waals surface area contributed by atoms with Gasteiger partial charge in [-0.25, -0.2) is 13.1 Å². The minimum absolute atomic E-state index is 0.216. The van der Waals surface area contributed by atoms with Crippen LogP contribution in [-0.4, -0.2) is 26.2 Å². The number of hydrogen-bond acceptors (Lipinski definition) is 3. The van der Waals surface area contributed by atoms with Crippen molar-refractivity contribution < 1.29 is 13.5 Å². The second-order valence-corrected chi connectivity index (χ2v) is 7.06. The molecule has 2 N–H and O–H groups in total. The molecule has 0 spiro atoms. The van der Waals surface area contributed by atoms with Gasteiger partial charge in [-0.2, -0.15) is 0 Å². The number of hydrogen-bond donors (Lipinski definition) is 2. The van der Waals surface area contributed by atoms with Crippen LogP contribution in [0.3, 0.4) is 0 Å². The smallest absolute Gasteiger partial charge is 0.234 e. The summed E-state index contributed by atoms with van der Waals surface area (Å²) in [5, 5.41) is 10.9. The molecular weight excluding hydrogens is 298 g/mol. The minimum Gasteiger partial charge on any atom is -0.395 e. The second-order valence-electron chi connectivity index (χ2n) is 5.03. The highest BCUT2D eigenvalue weighted by molar-refractivity contribution is 7.92. The van der Waals surface area contributed by atoms with E-state index in [0.29, 0.717) is 17.4 Å². The number of halogens is 1. The maximum Gasteiger partial charge on any atom is 0.234 e. The van der Waals surface area contributed by atoms with E-state index in [9.17, 15) is 13.5 Å². The van der Waals surface area contributed by atoms with Crippen LogP contribution in [0.4, 0.5) is 0 Å². The molecule has 0 saturated carbocycles. The van der Waals surface area contributed by atoms with E-state index in [0.717, 1.165) is 11.0 Å². The molecule has 6 heteroatoms. The first kappa shape index (κ1) is 17.2. The molecule has 0 bridgehead atoms. The summed E-state index contributed by atoms with van der Waals surface area (Å²) in [5.74, 6) is 0.301. The molecule has 0 amide bonds. The quantitative estimate of drug-likeness (QED) is 0.812. The molecule has 1 atom stereocenters. The average molecular weight is 318 g/mol. The van der Waals surface area contributed by atoms with Crippen molar-refractivity contribution in [1.29, 1.82) is 0 Å². The molecule has 1 unspecified atom stereocenters. The van der Waals surface area contributed by atoms with Crippen LogP contribution >= 0.6 is 11.6 Å². The van der Waals surface area contributed by atoms with Gasteiger partial charge in [0.25, 0.3) is 0 Å². The zero-order valence-corrected chi connectivity index (χ0v) is 13.2. The van der Waals surface area contributed by atoms with Crippen LogP contribution in [0.2, 0.25) is 5.02 Å². The molecule has 0 saturated heterocycles. The van der Waals surface area contributed by atoms with E-state index in [1.807, 2.05) is 13.8 Å². The fourth-order valence-corrected chi connectivity index (χ4v) is 2.92. The lowest BCUT2D eigenvalue weighted by Crippen LogP contribution is -2.37. The number of nitrogens with one attached hydrogen (secondary N) is 1. The molecule has 0 aromatic heterocycles. The molecule has 0 aliphatic rings. The molecular formula is C14H20ClNO3S. The van der Waals surface area contributed by atoms with Crippen molar-refractivity contribution in [1.82, 2.24) is 4.72 Å². The van der Waals surface area contributed by atoms with Crippen molar-refractivity contribution >= 4 is 27.7 Å². The summed E-state index contributed by atoms with van der Waals surface area (Å²) < 4.78 is 26.2. The maximum absolute atomic E-state index is 11.9. The summed E-state index contributed by atoms with van der Waals surface area (Å²) >= 11 is 5.76. The average Bonchev–Trinajstić information content (AvgIpc) is 2.36. The lowest BCUT2D eigenvalue weighted by atomic mass is 10.1. The van der Waals surface area contributed by atoms with Crippen LogP contribution in [-0.2, 0) is 10.0 Å². The highest BCUT2D eigenvalue weighted by Gasteiger charge is 2.15. The number of sulfonamides is 1. The Hall–Kier alpha value is -0.880. The Morgan fingerprint density at radius 1 is 1.30 bits per heavy atom. The van der Waals surface area contributed by atoms with E-state index in [4.69, 9.17) is 11.6 Å². The van der Waals surface area contributed by atoms with Crippen molar-refractivity contribution in [2.45, 2.75) is 26.3 Å². The van der Waals surface area contributed by atoms with Gasteiger partial charge in [0.2, 0.25) is 10.0 Å². The molecule has 0 aliphatic heterocycles. The lowest BCUT2D eigenvalue weighted by molar-refractivity contribution is 0.240. The van der Waals surface area contributed by atoms with Crippen LogP contribution < -0.4 is 4.72 Å². The van der Waals surface area contributed by atoms with Gasteiger partial charge in [0.05, 0.1) is 6.61 Å². The van der Waals surface area contributed by atoms with Gasteiger partial charge in [0.15, 0.2) is 0 Å². The molecule has 0 heterocycles. The van der Waals surface area contributed by atoms with Crippen molar-refractivity contribution in [3.63, 3.8) is 0 Å². The zero-order valence-electron chi connectivity index (χ0n) is 11.6. The first-order chi connectivity index (χ1) is 9.32. The van der Waals surface area contributed by atoms with Crippen LogP contribution in [0.5, 0.6) is 0 Å². The Morgan fingerprint density at radius 3 is 2.40 bits per heavy atom. The van der Waals surface area contributed by atoms with Gasteiger partial charge in [-0.05, 0) is 36.1 Å². The number of benzene rings is 1. The van der Waals surface area contributed by atoms with Gasteiger partial charge in [-0.1, -0.05) is 37.6 Å². The highest BCUT2D eigenvalue weighted by Crippen LogP contribution is 2.11. The molecule has 0 fully saturated rings. The first-order valence-electron chi connectivity index (χ1n) is 6.39. The van der Waals surface area contributed by atoms with E-state index >= 15 is 0 Å². The Labute approximate surface area is 125 Å². The van der Waals surface area contributed by atoms with E-state index in [-0.39, 0.29) is 6.61 Å². The Kier molecular flexibility index (Phi) is 6.68. The summed E-state index contributed by atoms with van der Waals surface area (Å²) in [6, 6.07) is 6.38. The van der Waals surface area contributed by atoms with Crippen molar-refractivity contribution in [2.75, 3.05) is 6.61 Å². The fraction of sp³-hybridized carbons (Fsp3) is 0.429. The van der Waals surface area contributed by atoms with E-state index in [1.165, 1.54) is 6.08 Å². The van der Waals surface area contributed by atoms with Crippen LogP contribution in [0, 0.1) is 5.92 Å². The summed E-state index contributed by atoms with van der Waals surface area (Å²) in [4.78, 5) is 0. The van der Waals surface area contributed by atoms with Crippen LogP contribution in [0.15, 0.2) is 29.7 Å². The Bertz CT molecular complexity index is 538. The molecule has 0 radical (unpaired) electrons. The fourth-order valence-electron chi connectivity index (χ4n) is 1.74. The van der Waals surface area contributed by atoms with Gasteiger partial charge < -0.3 is 5.11 Å². The molecule has 4 nitrogen and oxygen atoms in total. The molecule has 1 aromatic carbocycles. The predicted molar refractivity (Wildman–Crippen MR) is 82.9 cm³/mol. The topological polar surface area (TPSA) is 66.4 Å². The predicted octanol–water partition coefficient (Wildman–Crippen LogP) is 2.64. The Morgan fingerprint density at radius 2 is 1.90 bits per heavy atom. The zero-order chi connectivity index (χ0) is 15.2. The summed E-state index contributed by atoms with van der Waals surface area (Å²) in [6.45, 7) is 3.73. The summed E-state index contributed by atoms with van der Waals surface area (Å²) in [5.41, 5.74) is 0.740. The van der Waals surface area contributed by atoms with Gasteiger partial charge in [-0.3, -0.25) is 0 Å². The first-order valence-corrected chi connectivity index (χ1v) is 8.31. The summed E-state index contributed by atoms with van der Waals surface area (Å²) in [7, 11) is -3.57. The third kappa shape index (κ3) is 6.52. The number of aliphatic hydroxyl groups is 1. The largest absolute Gasteiger partial charge is 0.395 e. The van der Waals surface area contributed by atoms with Crippen molar-refractivity contribution in [3.8, 4) is 0 Å². The number of rotatable bonds is 7. The second kappa shape index (κ2) is 7.78. The van der Waals surface area contributed by atoms with Crippen molar-refractivity contribution in [2.24, 2.45) is 5.92 Å². The molecule has 1 aromatic rings. The molecule has 0 aliphatic carbocycles. The Balaban J connectivity index is 2.71. The van der Waals surface area contributed by atoms with E-state index in [2.05, 4.69) is 4.72 Å². The highest BCUT2D eigenvalue weighted by atomic mass is 35.5. The van der Waals surface area contributed by atoms with Gasteiger partial charge in [0, 0.05) is 16.5 Å². The van der Waals surface area contributed by atoms with Gasteiger partial charge in [0.1, 0.15) is 0 Å².